The van der Waals surface area contributed by atoms with Gasteiger partial charge < -0.3 is 14.0 Å². The molecule has 2 aromatic heterocycles. The van der Waals surface area contributed by atoms with E-state index in [0.717, 1.165) is 5.69 Å². The van der Waals surface area contributed by atoms with Crippen LogP contribution >= 0.6 is 0 Å². The largest absolute Gasteiger partial charge is 0.493 e. The van der Waals surface area contributed by atoms with E-state index in [0.29, 0.717) is 5.69 Å². The lowest BCUT2D eigenvalue weighted by atomic mass is 10.3. The smallest absolute Gasteiger partial charge is 0.363 e. The number of amides is 1. The van der Waals surface area contributed by atoms with Gasteiger partial charge in [0.2, 0.25) is 11.6 Å². The lowest BCUT2D eigenvalue weighted by molar-refractivity contribution is -0.124. The van der Waals surface area contributed by atoms with Crippen LogP contribution in [0.25, 0.3) is 5.69 Å². The average molecular weight is 370 g/mol. The molecule has 0 saturated carbocycles. The number of nitrogens with one attached hydrogen (secondary N) is 1. The predicted octanol–water partition coefficient (Wildman–Crippen LogP) is 2.36. The Bertz CT molecular complexity index is 948. The van der Waals surface area contributed by atoms with Gasteiger partial charge in [0, 0.05) is 6.07 Å². The van der Waals surface area contributed by atoms with Crippen LogP contribution in [0.3, 0.4) is 0 Å². The molecule has 3 aromatic rings. The van der Waals surface area contributed by atoms with Gasteiger partial charge in [-0.2, -0.15) is 5.10 Å². The second kappa shape index (κ2) is 7.73. The number of nitrogens with zero attached hydrogens (tertiary/aromatic N) is 3. The molecule has 9 heteroatoms. The summed E-state index contributed by atoms with van der Waals surface area (Å²) in [6, 6.07) is 10.8. The summed E-state index contributed by atoms with van der Waals surface area (Å²) < 4.78 is 16.8. The maximum absolute atomic E-state index is 12.4. The number of anilines is 1. The van der Waals surface area contributed by atoms with Crippen LogP contribution in [0.2, 0.25) is 0 Å². The van der Waals surface area contributed by atoms with Gasteiger partial charge in [-0.15, -0.1) is 0 Å². The van der Waals surface area contributed by atoms with Gasteiger partial charge >= 0.3 is 5.97 Å². The van der Waals surface area contributed by atoms with Crippen molar-refractivity contribution < 1.29 is 23.6 Å². The number of esters is 1. The van der Waals surface area contributed by atoms with Crippen LogP contribution < -0.4 is 10.1 Å². The third-order valence-electron chi connectivity index (χ3n) is 3.64. The highest BCUT2D eigenvalue weighted by atomic mass is 16.6. The van der Waals surface area contributed by atoms with Crippen molar-refractivity contribution in [2.24, 2.45) is 0 Å². The molecule has 0 spiro atoms. The molecule has 0 aliphatic heterocycles. The Morgan fingerprint density at radius 2 is 2.00 bits per heavy atom. The molecule has 1 N–H and O–H groups in total. The van der Waals surface area contributed by atoms with E-state index < -0.39 is 18.0 Å². The molecule has 0 bridgehead atoms. The van der Waals surface area contributed by atoms with Gasteiger partial charge in [0.25, 0.3) is 5.91 Å². The highest BCUT2D eigenvalue weighted by Gasteiger charge is 2.25. The van der Waals surface area contributed by atoms with E-state index in [9.17, 15) is 9.59 Å². The van der Waals surface area contributed by atoms with Crippen molar-refractivity contribution in [3.05, 3.63) is 54.0 Å². The fourth-order valence-electron chi connectivity index (χ4n) is 2.28. The highest BCUT2D eigenvalue weighted by Crippen LogP contribution is 2.21. The summed E-state index contributed by atoms with van der Waals surface area (Å²) in [5.41, 5.74) is 1.34. The zero-order valence-corrected chi connectivity index (χ0v) is 15.0. The summed E-state index contributed by atoms with van der Waals surface area (Å²) in [6.45, 7) is 3.16. The second-order valence-electron chi connectivity index (χ2n) is 5.70. The summed E-state index contributed by atoms with van der Waals surface area (Å²) in [5.74, 6) is -0.924. The number of rotatable bonds is 6. The summed E-state index contributed by atoms with van der Waals surface area (Å²) in [5, 5.41) is 10.3. The first-order valence-electron chi connectivity index (χ1n) is 8.12. The van der Waals surface area contributed by atoms with Gasteiger partial charge in [0.05, 0.1) is 24.7 Å². The number of aryl methyl sites for hydroxylation is 1. The SMILES string of the molecule is COc1cn(-c2ccccc2)nc1C(=O)OC(C)C(=O)Nc1cc(C)no1. The van der Waals surface area contributed by atoms with Gasteiger partial charge in [-0.25, -0.2) is 9.48 Å². The summed E-state index contributed by atoms with van der Waals surface area (Å²) >= 11 is 0. The molecular weight excluding hydrogens is 352 g/mol. The molecule has 9 nitrogen and oxygen atoms in total. The van der Waals surface area contributed by atoms with E-state index in [1.807, 2.05) is 30.3 Å². The number of para-hydroxylation sites is 1. The standard InChI is InChI=1S/C18H18N4O5/c1-11-9-15(27-21-11)19-17(23)12(2)26-18(24)16-14(25-3)10-22(20-16)13-7-5-4-6-8-13/h4-10,12H,1-3H3,(H,19,23). The van der Waals surface area contributed by atoms with Crippen LogP contribution in [0.15, 0.2) is 47.1 Å². The molecule has 0 saturated heterocycles. The van der Waals surface area contributed by atoms with Gasteiger partial charge in [0.1, 0.15) is 0 Å². The molecular formula is C18H18N4O5. The topological polar surface area (TPSA) is 108 Å². The molecule has 3 rings (SSSR count). The third-order valence-corrected chi connectivity index (χ3v) is 3.64. The minimum Gasteiger partial charge on any atom is -0.493 e. The molecule has 1 amide bonds. The molecule has 1 atom stereocenters. The first-order chi connectivity index (χ1) is 13.0. The Balaban J connectivity index is 1.71. The van der Waals surface area contributed by atoms with Crippen LogP contribution in [0, 0.1) is 6.92 Å². The van der Waals surface area contributed by atoms with E-state index in [-0.39, 0.29) is 17.3 Å². The number of aromatic nitrogens is 3. The van der Waals surface area contributed by atoms with E-state index in [1.165, 1.54) is 18.7 Å². The lowest BCUT2D eigenvalue weighted by Crippen LogP contribution is -2.30. The van der Waals surface area contributed by atoms with Crippen molar-refractivity contribution in [1.29, 1.82) is 0 Å². The van der Waals surface area contributed by atoms with Gasteiger partial charge in [-0.05, 0) is 26.0 Å². The van der Waals surface area contributed by atoms with Crippen molar-refractivity contribution in [3.8, 4) is 11.4 Å². The summed E-state index contributed by atoms with van der Waals surface area (Å²) in [7, 11) is 1.42. The first kappa shape index (κ1) is 18.2. The number of carbonyl (C=O) groups excluding carboxylic acids is 2. The van der Waals surface area contributed by atoms with Gasteiger partial charge in [-0.3, -0.25) is 10.1 Å². The van der Waals surface area contributed by atoms with Gasteiger partial charge in [0.15, 0.2) is 11.9 Å². The Hall–Kier alpha value is -3.62. The minimum absolute atomic E-state index is 0.0310. The number of hydrogen-bond donors (Lipinski definition) is 1. The average Bonchev–Trinajstić information content (AvgIpc) is 3.28. The van der Waals surface area contributed by atoms with E-state index in [4.69, 9.17) is 14.0 Å². The van der Waals surface area contributed by atoms with Crippen molar-refractivity contribution in [2.75, 3.05) is 12.4 Å². The fraction of sp³-hybridized carbons (Fsp3) is 0.222. The quantitative estimate of drug-likeness (QED) is 0.664. The van der Waals surface area contributed by atoms with E-state index in [1.54, 1.807) is 19.2 Å². The van der Waals surface area contributed by atoms with Crippen LogP contribution in [0.5, 0.6) is 5.75 Å². The van der Waals surface area contributed by atoms with Crippen LogP contribution in [0.1, 0.15) is 23.1 Å². The number of hydrogen-bond acceptors (Lipinski definition) is 7. The Kier molecular flexibility index (Phi) is 5.20. The zero-order chi connectivity index (χ0) is 19.4. The fourth-order valence-corrected chi connectivity index (χ4v) is 2.28. The lowest BCUT2D eigenvalue weighted by Gasteiger charge is -2.11. The predicted molar refractivity (Wildman–Crippen MR) is 94.9 cm³/mol. The normalized spacial score (nSPS) is 11.7. The van der Waals surface area contributed by atoms with Crippen molar-refractivity contribution in [2.45, 2.75) is 20.0 Å². The number of methoxy groups -OCH3 is 1. The summed E-state index contributed by atoms with van der Waals surface area (Å²) in [6.07, 6.45) is 0.489. The molecule has 1 unspecified atom stereocenters. The van der Waals surface area contributed by atoms with Crippen molar-refractivity contribution >= 4 is 17.8 Å². The first-order valence-corrected chi connectivity index (χ1v) is 8.12. The molecule has 0 fully saturated rings. The van der Waals surface area contributed by atoms with Gasteiger partial charge in [-0.1, -0.05) is 23.4 Å². The zero-order valence-electron chi connectivity index (χ0n) is 15.0. The molecule has 0 radical (unpaired) electrons. The minimum atomic E-state index is -1.07. The molecule has 140 valence electrons. The monoisotopic (exact) mass is 370 g/mol. The third kappa shape index (κ3) is 4.14. The maximum Gasteiger partial charge on any atom is 0.363 e. The maximum atomic E-state index is 12.4. The summed E-state index contributed by atoms with van der Waals surface area (Å²) in [4.78, 5) is 24.6. The Morgan fingerprint density at radius 3 is 2.63 bits per heavy atom. The number of benzene rings is 1. The number of ether oxygens (including phenoxy) is 2. The van der Waals surface area contributed by atoms with E-state index >= 15 is 0 Å². The highest BCUT2D eigenvalue weighted by molar-refractivity contribution is 5.96. The number of carbonyl (C=O) groups is 2. The van der Waals surface area contributed by atoms with Crippen molar-refractivity contribution in [3.63, 3.8) is 0 Å². The second-order valence-corrected chi connectivity index (χ2v) is 5.70. The molecule has 27 heavy (non-hydrogen) atoms. The van der Waals surface area contributed by atoms with Crippen LogP contribution in [-0.4, -0.2) is 40.0 Å². The van der Waals surface area contributed by atoms with E-state index in [2.05, 4.69) is 15.6 Å². The molecule has 2 heterocycles. The Labute approximate surface area is 154 Å². The van der Waals surface area contributed by atoms with Crippen LogP contribution in [0.4, 0.5) is 5.88 Å². The molecule has 1 aromatic carbocycles. The Morgan fingerprint density at radius 1 is 1.26 bits per heavy atom. The van der Waals surface area contributed by atoms with Crippen LogP contribution in [-0.2, 0) is 9.53 Å². The van der Waals surface area contributed by atoms with Crippen molar-refractivity contribution in [1.82, 2.24) is 14.9 Å². The molecule has 0 aliphatic rings. The molecule has 0 aliphatic carbocycles.